The summed E-state index contributed by atoms with van der Waals surface area (Å²) in [5.41, 5.74) is 2.68. The van der Waals surface area contributed by atoms with Crippen LogP contribution in [-0.4, -0.2) is 13.2 Å². The standard InChI is InChI=1S/C15H23NO/c1-4-16-14-9-6-10-17-15-12(11(2)3)7-5-8-13(14)15/h5,7-8,11,14,16H,4,6,9-10H2,1-3H3. The van der Waals surface area contributed by atoms with E-state index in [-0.39, 0.29) is 0 Å². The van der Waals surface area contributed by atoms with E-state index in [0.717, 1.165) is 25.3 Å². The van der Waals surface area contributed by atoms with Crippen LogP contribution in [0.25, 0.3) is 0 Å². The summed E-state index contributed by atoms with van der Waals surface area (Å²) in [6, 6.07) is 7.02. The number of benzene rings is 1. The van der Waals surface area contributed by atoms with E-state index in [1.54, 1.807) is 0 Å². The molecule has 0 aromatic heterocycles. The first-order valence-electron chi connectivity index (χ1n) is 6.73. The van der Waals surface area contributed by atoms with E-state index in [2.05, 4.69) is 44.3 Å². The number of hydrogen-bond acceptors (Lipinski definition) is 2. The maximum Gasteiger partial charge on any atom is 0.127 e. The van der Waals surface area contributed by atoms with Crippen LogP contribution in [0.5, 0.6) is 5.75 Å². The van der Waals surface area contributed by atoms with E-state index in [1.165, 1.54) is 17.5 Å². The van der Waals surface area contributed by atoms with E-state index in [0.29, 0.717) is 12.0 Å². The highest BCUT2D eigenvalue weighted by atomic mass is 16.5. The van der Waals surface area contributed by atoms with Crippen molar-refractivity contribution in [2.45, 2.75) is 45.6 Å². The van der Waals surface area contributed by atoms with E-state index in [4.69, 9.17) is 4.74 Å². The predicted octanol–water partition coefficient (Wildman–Crippen LogP) is 3.63. The molecule has 1 aliphatic heterocycles. The van der Waals surface area contributed by atoms with Crippen molar-refractivity contribution in [3.8, 4) is 5.75 Å². The molecule has 0 bridgehead atoms. The molecule has 2 rings (SSSR count). The molecule has 1 heterocycles. The van der Waals surface area contributed by atoms with Crippen molar-refractivity contribution < 1.29 is 4.74 Å². The Bertz CT molecular complexity index is 373. The van der Waals surface area contributed by atoms with Gasteiger partial charge in [0, 0.05) is 11.6 Å². The lowest BCUT2D eigenvalue weighted by molar-refractivity contribution is 0.311. The van der Waals surface area contributed by atoms with Crippen LogP contribution in [-0.2, 0) is 0 Å². The molecule has 17 heavy (non-hydrogen) atoms. The SMILES string of the molecule is CCNC1CCCOc2c(C(C)C)cccc21. The Balaban J connectivity index is 2.41. The summed E-state index contributed by atoms with van der Waals surface area (Å²) in [5.74, 6) is 1.65. The Labute approximate surface area is 104 Å². The number of fused-ring (bicyclic) bond motifs is 1. The van der Waals surface area contributed by atoms with E-state index >= 15 is 0 Å². The summed E-state index contributed by atoms with van der Waals surface area (Å²) in [6.07, 6.45) is 2.30. The first-order chi connectivity index (χ1) is 8.24. The Morgan fingerprint density at radius 1 is 1.41 bits per heavy atom. The maximum absolute atomic E-state index is 5.98. The molecule has 2 nitrogen and oxygen atoms in total. The van der Waals surface area contributed by atoms with Crippen molar-refractivity contribution >= 4 is 0 Å². The van der Waals surface area contributed by atoms with Gasteiger partial charge >= 0.3 is 0 Å². The molecule has 0 aliphatic carbocycles. The lowest BCUT2D eigenvalue weighted by Gasteiger charge is -2.20. The second-order valence-corrected chi connectivity index (χ2v) is 5.02. The molecule has 1 aliphatic rings. The van der Waals surface area contributed by atoms with Gasteiger partial charge < -0.3 is 10.1 Å². The first kappa shape index (κ1) is 12.4. The van der Waals surface area contributed by atoms with Crippen LogP contribution in [0.2, 0.25) is 0 Å². The van der Waals surface area contributed by atoms with Crippen molar-refractivity contribution in [2.24, 2.45) is 0 Å². The van der Waals surface area contributed by atoms with Gasteiger partial charge in [0.2, 0.25) is 0 Å². The topological polar surface area (TPSA) is 21.3 Å². The van der Waals surface area contributed by atoms with E-state index in [9.17, 15) is 0 Å². The van der Waals surface area contributed by atoms with Crippen molar-refractivity contribution in [1.82, 2.24) is 5.32 Å². The second kappa shape index (κ2) is 5.54. The molecule has 0 spiro atoms. The third-order valence-corrected chi connectivity index (χ3v) is 3.41. The molecule has 94 valence electrons. The second-order valence-electron chi connectivity index (χ2n) is 5.02. The average molecular weight is 233 g/mol. The molecule has 1 aromatic carbocycles. The minimum Gasteiger partial charge on any atom is -0.493 e. The quantitative estimate of drug-likeness (QED) is 0.860. The van der Waals surface area contributed by atoms with Crippen LogP contribution in [0.4, 0.5) is 0 Å². The lowest BCUT2D eigenvalue weighted by atomic mass is 9.94. The molecule has 0 fully saturated rings. The highest BCUT2D eigenvalue weighted by Crippen LogP contribution is 2.37. The number of rotatable bonds is 3. The molecule has 0 saturated heterocycles. The zero-order valence-corrected chi connectivity index (χ0v) is 11.1. The zero-order valence-electron chi connectivity index (χ0n) is 11.1. The van der Waals surface area contributed by atoms with Crippen molar-refractivity contribution in [3.63, 3.8) is 0 Å². The van der Waals surface area contributed by atoms with Crippen molar-refractivity contribution in [1.29, 1.82) is 0 Å². The molecule has 1 atom stereocenters. The normalized spacial score (nSPS) is 19.6. The summed E-state index contributed by atoms with van der Waals surface area (Å²) in [7, 11) is 0. The highest BCUT2D eigenvalue weighted by molar-refractivity contribution is 5.45. The van der Waals surface area contributed by atoms with Crippen molar-refractivity contribution in [3.05, 3.63) is 29.3 Å². The molecule has 0 saturated carbocycles. The Morgan fingerprint density at radius 3 is 2.94 bits per heavy atom. The average Bonchev–Trinajstić information content (AvgIpc) is 2.52. The summed E-state index contributed by atoms with van der Waals surface area (Å²) in [6.45, 7) is 8.48. The molecule has 1 N–H and O–H groups in total. The fraction of sp³-hybridized carbons (Fsp3) is 0.600. The molecule has 0 radical (unpaired) electrons. The van der Waals surface area contributed by atoms with E-state index < -0.39 is 0 Å². The molecular weight excluding hydrogens is 210 g/mol. The fourth-order valence-corrected chi connectivity index (χ4v) is 2.54. The van der Waals surface area contributed by atoms with Crippen LogP contribution in [0.1, 0.15) is 56.7 Å². The van der Waals surface area contributed by atoms with Crippen LogP contribution < -0.4 is 10.1 Å². The third-order valence-electron chi connectivity index (χ3n) is 3.41. The molecule has 2 heteroatoms. The number of nitrogens with one attached hydrogen (secondary N) is 1. The summed E-state index contributed by atoms with van der Waals surface area (Å²) < 4.78 is 5.98. The Kier molecular flexibility index (Phi) is 4.06. The van der Waals surface area contributed by atoms with Gasteiger partial charge in [0.25, 0.3) is 0 Å². The largest absolute Gasteiger partial charge is 0.493 e. The van der Waals surface area contributed by atoms with Crippen LogP contribution in [0.15, 0.2) is 18.2 Å². The number of para-hydroxylation sites is 1. The monoisotopic (exact) mass is 233 g/mol. The van der Waals surface area contributed by atoms with Gasteiger partial charge in [-0.15, -0.1) is 0 Å². The van der Waals surface area contributed by atoms with Gasteiger partial charge in [-0.2, -0.15) is 0 Å². The lowest BCUT2D eigenvalue weighted by Crippen LogP contribution is -2.20. The minimum absolute atomic E-state index is 0.455. The minimum atomic E-state index is 0.455. The molecule has 1 unspecified atom stereocenters. The summed E-state index contributed by atoms with van der Waals surface area (Å²) in [5, 5.41) is 3.57. The fourth-order valence-electron chi connectivity index (χ4n) is 2.54. The van der Waals surface area contributed by atoms with Crippen molar-refractivity contribution in [2.75, 3.05) is 13.2 Å². The van der Waals surface area contributed by atoms with Gasteiger partial charge in [-0.25, -0.2) is 0 Å². The first-order valence-corrected chi connectivity index (χ1v) is 6.73. The number of ether oxygens (including phenoxy) is 1. The van der Waals surface area contributed by atoms with Crippen LogP contribution >= 0.6 is 0 Å². The Hall–Kier alpha value is -1.02. The van der Waals surface area contributed by atoms with Gasteiger partial charge in [0.05, 0.1) is 6.61 Å². The zero-order chi connectivity index (χ0) is 12.3. The van der Waals surface area contributed by atoms with Gasteiger partial charge in [0.15, 0.2) is 0 Å². The van der Waals surface area contributed by atoms with Crippen LogP contribution in [0.3, 0.4) is 0 Å². The van der Waals surface area contributed by atoms with Gasteiger partial charge in [0.1, 0.15) is 5.75 Å². The highest BCUT2D eigenvalue weighted by Gasteiger charge is 2.21. The number of hydrogen-bond donors (Lipinski definition) is 1. The van der Waals surface area contributed by atoms with E-state index in [1.807, 2.05) is 0 Å². The van der Waals surface area contributed by atoms with Gasteiger partial charge in [-0.05, 0) is 30.9 Å². The molecule has 1 aromatic rings. The maximum atomic E-state index is 5.98. The molecular formula is C15H23NO. The summed E-state index contributed by atoms with van der Waals surface area (Å²) in [4.78, 5) is 0. The predicted molar refractivity (Wildman–Crippen MR) is 71.7 cm³/mol. The van der Waals surface area contributed by atoms with Gasteiger partial charge in [-0.1, -0.05) is 39.0 Å². The van der Waals surface area contributed by atoms with Gasteiger partial charge in [-0.3, -0.25) is 0 Å². The Morgan fingerprint density at radius 2 is 2.24 bits per heavy atom. The summed E-state index contributed by atoms with van der Waals surface area (Å²) >= 11 is 0. The smallest absolute Gasteiger partial charge is 0.127 e. The third kappa shape index (κ3) is 2.63. The molecule has 0 amide bonds. The van der Waals surface area contributed by atoms with Crippen LogP contribution in [0, 0.1) is 0 Å².